The highest BCUT2D eigenvalue weighted by Crippen LogP contribution is 2.20. The van der Waals surface area contributed by atoms with Gasteiger partial charge in [0.25, 0.3) is 5.91 Å². The number of aryl methyl sites for hydroxylation is 1. The summed E-state index contributed by atoms with van der Waals surface area (Å²) in [5.74, 6) is -0.932. The van der Waals surface area contributed by atoms with Crippen molar-refractivity contribution in [3.05, 3.63) is 52.7 Å². The fourth-order valence-electron chi connectivity index (χ4n) is 2.44. The van der Waals surface area contributed by atoms with Gasteiger partial charge >= 0.3 is 5.97 Å². The van der Waals surface area contributed by atoms with Gasteiger partial charge in [-0.15, -0.1) is 0 Å². The first-order valence-corrected chi connectivity index (χ1v) is 7.63. The molecule has 1 amide bonds. The third-order valence-corrected chi connectivity index (χ3v) is 3.84. The molecule has 4 N–H and O–H groups in total. The fourth-order valence-corrected chi connectivity index (χ4v) is 2.62. The molecule has 0 aliphatic carbocycles. The highest BCUT2D eigenvalue weighted by Gasteiger charge is 2.23. The number of halogens is 1. The molecule has 24 heavy (non-hydrogen) atoms. The lowest BCUT2D eigenvalue weighted by Gasteiger charge is -2.12. The summed E-state index contributed by atoms with van der Waals surface area (Å²) in [5, 5.41) is 13.2. The van der Waals surface area contributed by atoms with Crippen molar-refractivity contribution in [1.29, 1.82) is 0 Å². The second-order valence-corrected chi connectivity index (χ2v) is 5.90. The Kier molecular flexibility index (Phi) is 4.26. The van der Waals surface area contributed by atoms with E-state index < -0.39 is 17.9 Å². The molecule has 1 aromatic carbocycles. The van der Waals surface area contributed by atoms with E-state index in [0.717, 1.165) is 10.9 Å². The molecule has 0 bridgehead atoms. The smallest absolute Gasteiger partial charge is 0.326 e. The normalized spacial score (nSPS) is 12.2. The summed E-state index contributed by atoms with van der Waals surface area (Å²) in [6.07, 6.45) is 1.72. The Balaban J connectivity index is 1.77. The molecule has 124 valence electrons. The second kappa shape index (κ2) is 6.37. The Bertz CT molecular complexity index is 915. The van der Waals surface area contributed by atoms with Crippen LogP contribution in [0.4, 0.5) is 0 Å². The number of aromatic amines is 2. The van der Waals surface area contributed by atoms with E-state index >= 15 is 0 Å². The van der Waals surface area contributed by atoms with Crippen LogP contribution in [0.1, 0.15) is 22.0 Å². The molecule has 0 spiro atoms. The van der Waals surface area contributed by atoms with Gasteiger partial charge in [-0.3, -0.25) is 4.79 Å². The molecule has 2 heterocycles. The summed E-state index contributed by atoms with van der Waals surface area (Å²) in [4.78, 5) is 33.8. The van der Waals surface area contributed by atoms with Crippen molar-refractivity contribution in [3.8, 4) is 0 Å². The third kappa shape index (κ3) is 3.41. The zero-order valence-electron chi connectivity index (χ0n) is 12.8. The summed E-state index contributed by atoms with van der Waals surface area (Å²) in [7, 11) is 0. The number of carboxylic acid groups (broad SMARTS) is 1. The fraction of sp³-hybridized carbons (Fsp3) is 0.188. The van der Waals surface area contributed by atoms with Gasteiger partial charge in [-0.25, -0.2) is 9.78 Å². The highest BCUT2D eigenvalue weighted by atomic mass is 35.5. The van der Waals surface area contributed by atoms with Crippen molar-refractivity contribution in [1.82, 2.24) is 20.3 Å². The van der Waals surface area contributed by atoms with Crippen molar-refractivity contribution in [2.75, 3.05) is 0 Å². The summed E-state index contributed by atoms with van der Waals surface area (Å²) in [5.41, 5.74) is 1.60. The number of H-pyrrole nitrogens is 2. The van der Waals surface area contributed by atoms with Crippen LogP contribution in [0, 0.1) is 6.92 Å². The molecule has 7 nitrogen and oxygen atoms in total. The molecular formula is C16H15ClN4O3. The molecule has 0 radical (unpaired) electrons. The number of benzene rings is 1. The van der Waals surface area contributed by atoms with E-state index in [2.05, 4.69) is 20.3 Å². The number of nitrogens with one attached hydrogen (secondary N) is 3. The van der Waals surface area contributed by atoms with E-state index in [9.17, 15) is 14.7 Å². The molecule has 0 aliphatic heterocycles. The number of amides is 1. The van der Waals surface area contributed by atoms with Crippen molar-refractivity contribution < 1.29 is 14.7 Å². The number of fused-ring (bicyclic) bond motifs is 1. The quantitative estimate of drug-likeness (QED) is 0.568. The third-order valence-electron chi connectivity index (χ3n) is 3.60. The van der Waals surface area contributed by atoms with Crippen LogP contribution in [0.15, 0.2) is 30.5 Å². The van der Waals surface area contributed by atoms with Crippen LogP contribution >= 0.6 is 11.6 Å². The van der Waals surface area contributed by atoms with Crippen molar-refractivity contribution in [2.45, 2.75) is 19.4 Å². The molecule has 0 fully saturated rings. The van der Waals surface area contributed by atoms with Gasteiger partial charge in [0.2, 0.25) is 0 Å². The number of hydrogen-bond acceptors (Lipinski definition) is 3. The number of carbonyl (C=O) groups excluding carboxylic acids is 1. The lowest BCUT2D eigenvalue weighted by molar-refractivity contribution is -0.139. The van der Waals surface area contributed by atoms with Crippen LogP contribution in [0.5, 0.6) is 0 Å². The number of aromatic nitrogens is 3. The topological polar surface area (TPSA) is 111 Å². The average Bonchev–Trinajstić information content (AvgIpc) is 3.12. The first-order valence-electron chi connectivity index (χ1n) is 7.25. The molecule has 0 saturated heterocycles. The average molecular weight is 347 g/mol. The number of carbonyl (C=O) groups is 2. The molecule has 8 heteroatoms. The van der Waals surface area contributed by atoms with Crippen LogP contribution < -0.4 is 5.32 Å². The summed E-state index contributed by atoms with van der Waals surface area (Å²) >= 11 is 5.92. The number of nitrogens with zero attached hydrogens (tertiary/aromatic N) is 1. The second-order valence-electron chi connectivity index (χ2n) is 5.46. The van der Waals surface area contributed by atoms with Crippen LogP contribution in [0.2, 0.25) is 5.02 Å². The molecule has 3 aromatic rings. The van der Waals surface area contributed by atoms with Gasteiger partial charge in [0.1, 0.15) is 17.6 Å². The maximum Gasteiger partial charge on any atom is 0.326 e. The first-order chi connectivity index (χ1) is 11.4. The summed E-state index contributed by atoms with van der Waals surface area (Å²) < 4.78 is 0. The molecule has 1 atom stereocenters. The summed E-state index contributed by atoms with van der Waals surface area (Å²) in [6.45, 7) is 1.77. The van der Waals surface area contributed by atoms with Gasteiger partial charge in [-0.05, 0) is 31.2 Å². The Morgan fingerprint density at radius 1 is 1.38 bits per heavy atom. The van der Waals surface area contributed by atoms with E-state index in [1.807, 2.05) is 0 Å². The molecular weight excluding hydrogens is 332 g/mol. The van der Waals surface area contributed by atoms with Gasteiger partial charge in [-0.2, -0.15) is 0 Å². The number of rotatable bonds is 5. The van der Waals surface area contributed by atoms with Crippen LogP contribution in [-0.2, 0) is 11.2 Å². The van der Waals surface area contributed by atoms with E-state index in [1.165, 1.54) is 0 Å². The molecule has 2 aromatic heterocycles. The zero-order chi connectivity index (χ0) is 17.3. The lowest BCUT2D eigenvalue weighted by atomic mass is 10.1. The predicted molar refractivity (Wildman–Crippen MR) is 89.2 cm³/mol. The van der Waals surface area contributed by atoms with Crippen LogP contribution in [0.25, 0.3) is 10.9 Å². The Hall–Kier alpha value is -2.80. The van der Waals surface area contributed by atoms with Gasteiger partial charge in [-0.1, -0.05) is 11.6 Å². The van der Waals surface area contributed by atoms with Crippen LogP contribution in [0.3, 0.4) is 0 Å². The van der Waals surface area contributed by atoms with Gasteiger partial charge in [0.05, 0.1) is 5.69 Å². The maximum absolute atomic E-state index is 12.3. The minimum Gasteiger partial charge on any atom is -0.480 e. The van der Waals surface area contributed by atoms with E-state index in [1.54, 1.807) is 37.4 Å². The number of imidazole rings is 1. The van der Waals surface area contributed by atoms with Gasteiger partial charge in [0.15, 0.2) is 0 Å². The van der Waals surface area contributed by atoms with Crippen molar-refractivity contribution in [3.63, 3.8) is 0 Å². The lowest BCUT2D eigenvalue weighted by Crippen LogP contribution is -2.42. The van der Waals surface area contributed by atoms with Crippen molar-refractivity contribution >= 4 is 34.4 Å². The minimum atomic E-state index is -1.12. The largest absolute Gasteiger partial charge is 0.480 e. The Morgan fingerprint density at radius 2 is 2.17 bits per heavy atom. The molecule has 0 saturated carbocycles. The monoisotopic (exact) mass is 346 g/mol. The molecule has 0 aliphatic rings. The first kappa shape index (κ1) is 16.1. The van der Waals surface area contributed by atoms with Gasteiger partial charge < -0.3 is 20.4 Å². The Morgan fingerprint density at radius 3 is 2.83 bits per heavy atom. The van der Waals surface area contributed by atoms with Gasteiger partial charge in [0, 0.05) is 28.5 Å². The maximum atomic E-state index is 12.3. The predicted octanol–water partition coefficient (Wildman–Crippen LogP) is 2.28. The van der Waals surface area contributed by atoms with E-state index in [-0.39, 0.29) is 12.1 Å². The molecule has 1 unspecified atom stereocenters. The number of aliphatic carboxylic acids is 1. The van der Waals surface area contributed by atoms with Crippen LogP contribution in [-0.4, -0.2) is 38.0 Å². The summed E-state index contributed by atoms with van der Waals surface area (Å²) in [6, 6.07) is 5.76. The number of hydrogen-bond donors (Lipinski definition) is 4. The molecule has 3 rings (SSSR count). The number of carboxylic acids is 1. The van der Waals surface area contributed by atoms with Crippen molar-refractivity contribution in [2.24, 2.45) is 0 Å². The standard InChI is InChI=1S/C16H15ClN4O3/c1-8-18-7-11(19-8)6-14(16(23)24)21-15(22)13-5-9-4-10(17)2-3-12(9)20-13/h2-5,7,14,20H,6H2,1H3,(H,18,19)(H,21,22)(H,23,24). The SMILES string of the molecule is Cc1nc(CC(NC(=O)c2cc3cc(Cl)ccc3[nH]2)C(=O)O)c[nH]1. The van der Waals surface area contributed by atoms with E-state index in [4.69, 9.17) is 11.6 Å². The minimum absolute atomic E-state index is 0.0947. The highest BCUT2D eigenvalue weighted by molar-refractivity contribution is 6.31. The Labute approximate surface area is 142 Å². The van der Waals surface area contributed by atoms with E-state index in [0.29, 0.717) is 16.5 Å². The zero-order valence-corrected chi connectivity index (χ0v) is 13.5.